The third kappa shape index (κ3) is 3.28. The molecular weight excluding hydrogens is 321 g/mol. The van der Waals surface area contributed by atoms with Gasteiger partial charge in [0.1, 0.15) is 5.82 Å². The number of nitrogens with zero attached hydrogens (tertiary/aromatic N) is 3. The van der Waals surface area contributed by atoms with Crippen LogP contribution in [0.4, 0.5) is 4.39 Å². The van der Waals surface area contributed by atoms with Crippen molar-refractivity contribution in [2.75, 3.05) is 13.1 Å². The zero-order valence-electron chi connectivity index (χ0n) is 12.8. The Morgan fingerprint density at radius 1 is 1.35 bits per heavy atom. The van der Waals surface area contributed by atoms with Crippen molar-refractivity contribution in [1.82, 2.24) is 14.4 Å². The summed E-state index contributed by atoms with van der Waals surface area (Å²) in [4.78, 5) is 4.40. The largest absolute Gasteiger partial charge is 0.339 e. The Hall–Kier alpha value is -1.80. The quantitative estimate of drug-likeness (QED) is 0.854. The minimum atomic E-state index is -3.64. The van der Waals surface area contributed by atoms with E-state index in [1.807, 2.05) is 6.92 Å². The van der Waals surface area contributed by atoms with Crippen molar-refractivity contribution in [3.63, 3.8) is 0 Å². The number of aromatic nitrogens is 2. The van der Waals surface area contributed by atoms with Crippen molar-refractivity contribution >= 4 is 10.0 Å². The molecule has 0 saturated carbocycles. The van der Waals surface area contributed by atoms with Crippen LogP contribution in [0, 0.1) is 5.82 Å². The highest BCUT2D eigenvalue weighted by Crippen LogP contribution is 2.29. The molecule has 2 aromatic rings. The monoisotopic (exact) mass is 339 g/mol. The maximum atomic E-state index is 13.0. The summed E-state index contributed by atoms with van der Waals surface area (Å²) in [6.07, 6.45) is 2.20. The van der Waals surface area contributed by atoms with Crippen LogP contribution in [0.25, 0.3) is 0 Å². The van der Waals surface area contributed by atoms with E-state index < -0.39 is 15.8 Å². The van der Waals surface area contributed by atoms with Gasteiger partial charge in [-0.2, -0.15) is 9.29 Å². The van der Waals surface area contributed by atoms with Gasteiger partial charge in [0.15, 0.2) is 5.82 Å². The van der Waals surface area contributed by atoms with E-state index in [4.69, 9.17) is 4.52 Å². The third-order valence-electron chi connectivity index (χ3n) is 3.98. The second-order valence-electron chi connectivity index (χ2n) is 5.56. The summed E-state index contributed by atoms with van der Waals surface area (Å²) >= 11 is 0. The maximum absolute atomic E-state index is 13.0. The number of hydrogen-bond acceptors (Lipinski definition) is 5. The Balaban J connectivity index is 1.81. The van der Waals surface area contributed by atoms with Crippen LogP contribution in [-0.2, 0) is 16.4 Å². The lowest BCUT2D eigenvalue weighted by atomic mass is 10.00. The summed E-state index contributed by atoms with van der Waals surface area (Å²) in [6, 6.07) is 4.88. The second kappa shape index (κ2) is 6.37. The molecule has 0 bridgehead atoms. The first kappa shape index (κ1) is 16.1. The molecule has 3 rings (SSSR count). The lowest BCUT2D eigenvalue weighted by Crippen LogP contribution is -2.39. The van der Waals surface area contributed by atoms with Crippen molar-refractivity contribution in [3.05, 3.63) is 41.8 Å². The van der Waals surface area contributed by atoms with Crippen molar-refractivity contribution < 1.29 is 17.3 Å². The van der Waals surface area contributed by atoms with Gasteiger partial charge in [-0.3, -0.25) is 0 Å². The first-order valence-corrected chi connectivity index (χ1v) is 9.03. The van der Waals surface area contributed by atoms with Gasteiger partial charge in [0.25, 0.3) is 0 Å². The standard InChI is InChI=1S/C15H18FN3O3S/c1-2-14-17-15(22-18-14)11-4-3-9-19(10-11)23(20,21)13-7-5-12(16)6-8-13/h5-8,11H,2-4,9-10H2,1H3/t11-/m1/s1. The number of benzene rings is 1. The second-order valence-corrected chi connectivity index (χ2v) is 7.50. The summed E-state index contributed by atoms with van der Waals surface area (Å²) in [6.45, 7) is 2.66. The lowest BCUT2D eigenvalue weighted by Gasteiger charge is -2.30. The number of sulfonamides is 1. The smallest absolute Gasteiger partial charge is 0.243 e. The molecule has 8 heteroatoms. The van der Waals surface area contributed by atoms with Crippen LogP contribution in [0.15, 0.2) is 33.7 Å². The van der Waals surface area contributed by atoms with Gasteiger partial charge in [0, 0.05) is 19.5 Å². The molecule has 0 radical (unpaired) electrons. The van der Waals surface area contributed by atoms with Crippen LogP contribution >= 0.6 is 0 Å². The Labute approximate surface area is 134 Å². The summed E-state index contributed by atoms with van der Waals surface area (Å²) in [5.74, 6) is 0.546. The fourth-order valence-electron chi connectivity index (χ4n) is 2.69. The van der Waals surface area contributed by atoms with E-state index in [-0.39, 0.29) is 10.8 Å². The van der Waals surface area contributed by atoms with E-state index in [9.17, 15) is 12.8 Å². The van der Waals surface area contributed by atoms with Gasteiger partial charge in [-0.15, -0.1) is 0 Å². The molecule has 0 unspecified atom stereocenters. The Bertz CT molecular complexity index is 774. The van der Waals surface area contributed by atoms with E-state index in [0.717, 1.165) is 25.0 Å². The van der Waals surface area contributed by atoms with Crippen molar-refractivity contribution in [1.29, 1.82) is 0 Å². The van der Waals surface area contributed by atoms with Gasteiger partial charge in [-0.25, -0.2) is 12.8 Å². The zero-order chi connectivity index (χ0) is 16.4. The summed E-state index contributed by atoms with van der Waals surface area (Å²) in [5, 5.41) is 3.87. The van der Waals surface area contributed by atoms with Gasteiger partial charge < -0.3 is 4.52 Å². The van der Waals surface area contributed by atoms with Crippen LogP contribution in [0.1, 0.15) is 37.4 Å². The van der Waals surface area contributed by atoms with E-state index in [1.54, 1.807) is 0 Å². The molecule has 1 fully saturated rings. The average molecular weight is 339 g/mol. The fourth-order valence-corrected chi connectivity index (χ4v) is 4.22. The van der Waals surface area contributed by atoms with Crippen LogP contribution < -0.4 is 0 Å². The molecule has 0 aliphatic carbocycles. The molecule has 1 aromatic carbocycles. The molecule has 1 atom stereocenters. The molecule has 0 spiro atoms. The molecule has 23 heavy (non-hydrogen) atoms. The Kier molecular flexibility index (Phi) is 4.45. The van der Waals surface area contributed by atoms with E-state index >= 15 is 0 Å². The number of hydrogen-bond donors (Lipinski definition) is 0. The highest BCUT2D eigenvalue weighted by molar-refractivity contribution is 7.89. The van der Waals surface area contributed by atoms with E-state index in [0.29, 0.717) is 31.2 Å². The predicted molar refractivity (Wildman–Crippen MR) is 80.8 cm³/mol. The number of rotatable bonds is 4. The SMILES string of the molecule is CCc1noc([C@@H]2CCCN(S(=O)(=O)c3ccc(F)cc3)C2)n1. The van der Waals surface area contributed by atoms with Crippen molar-refractivity contribution in [2.24, 2.45) is 0 Å². The number of halogens is 1. The number of piperidine rings is 1. The molecule has 124 valence electrons. The van der Waals surface area contributed by atoms with Crippen LogP contribution in [0.2, 0.25) is 0 Å². The average Bonchev–Trinajstić information content (AvgIpc) is 3.04. The molecule has 2 heterocycles. The van der Waals surface area contributed by atoms with Crippen LogP contribution in [0.3, 0.4) is 0 Å². The summed E-state index contributed by atoms with van der Waals surface area (Å²) < 4.78 is 45.0. The van der Waals surface area contributed by atoms with Crippen molar-refractivity contribution in [2.45, 2.75) is 37.0 Å². The lowest BCUT2D eigenvalue weighted by molar-refractivity contribution is 0.265. The summed E-state index contributed by atoms with van der Waals surface area (Å²) in [5.41, 5.74) is 0. The minimum Gasteiger partial charge on any atom is -0.339 e. The van der Waals surface area contributed by atoms with E-state index in [2.05, 4.69) is 10.1 Å². The highest BCUT2D eigenvalue weighted by atomic mass is 32.2. The first-order chi connectivity index (χ1) is 11.0. The van der Waals surface area contributed by atoms with Gasteiger partial charge in [0.05, 0.1) is 10.8 Å². The molecule has 1 aromatic heterocycles. The first-order valence-electron chi connectivity index (χ1n) is 7.59. The van der Waals surface area contributed by atoms with Gasteiger partial charge in [-0.05, 0) is 37.1 Å². The minimum absolute atomic E-state index is 0.0966. The van der Waals surface area contributed by atoms with Gasteiger partial charge >= 0.3 is 0 Å². The van der Waals surface area contributed by atoms with E-state index in [1.165, 1.54) is 16.4 Å². The fraction of sp³-hybridized carbons (Fsp3) is 0.467. The van der Waals surface area contributed by atoms with Crippen molar-refractivity contribution in [3.8, 4) is 0 Å². The number of aryl methyl sites for hydroxylation is 1. The maximum Gasteiger partial charge on any atom is 0.243 e. The van der Waals surface area contributed by atoms with Gasteiger partial charge in [0.2, 0.25) is 15.9 Å². The highest BCUT2D eigenvalue weighted by Gasteiger charge is 2.33. The van der Waals surface area contributed by atoms with Crippen LogP contribution in [-0.4, -0.2) is 36.0 Å². The third-order valence-corrected chi connectivity index (χ3v) is 5.86. The molecule has 1 saturated heterocycles. The molecule has 1 aliphatic heterocycles. The topological polar surface area (TPSA) is 76.3 Å². The molecule has 1 aliphatic rings. The predicted octanol–water partition coefficient (Wildman–Crippen LogP) is 2.34. The normalized spacial score (nSPS) is 19.8. The molecular formula is C15H18FN3O3S. The summed E-state index contributed by atoms with van der Waals surface area (Å²) in [7, 11) is -3.64. The molecule has 6 nitrogen and oxygen atoms in total. The Morgan fingerprint density at radius 2 is 2.09 bits per heavy atom. The van der Waals surface area contributed by atoms with Crippen LogP contribution in [0.5, 0.6) is 0 Å². The Morgan fingerprint density at radius 3 is 2.74 bits per heavy atom. The zero-order valence-corrected chi connectivity index (χ0v) is 13.6. The van der Waals surface area contributed by atoms with Gasteiger partial charge in [-0.1, -0.05) is 12.1 Å². The molecule has 0 N–H and O–H groups in total. The molecule has 0 amide bonds.